The minimum Gasteiger partial charge on any atom is -0.548 e. The van der Waals surface area contributed by atoms with Crippen LogP contribution >= 0.6 is 11.8 Å². The molecule has 2 aromatic rings. The molecule has 0 radical (unpaired) electrons. The van der Waals surface area contributed by atoms with Gasteiger partial charge < -0.3 is 14.6 Å². The molecule has 0 bridgehead atoms. The molecule has 0 aliphatic carbocycles. The Hall–Kier alpha value is -2.03. The third-order valence-electron chi connectivity index (χ3n) is 3.65. The van der Waals surface area contributed by atoms with Crippen LogP contribution in [0.15, 0.2) is 53.4 Å². The van der Waals surface area contributed by atoms with E-state index in [0.717, 1.165) is 5.56 Å². The summed E-state index contributed by atoms with van der Waals surface area (Å²) in [5.41, 5.74) is 0.955. The molecule has 0 aromatic heterocycles. The molecule has 2 aromatic carbocycles. The van der Waals surface area contributed by atoms with Crippen molar-refractivity contribution < 1.29 is 23.1 Å². The van der Waals surface area contributed by atoms with E-state index in [4.69, 9.17) is 4.74 Å². The maximum atomic E-state index is 12.4. The van der Waals surface area contributed by atoms with Crippen molar-refractivity contribution in [2.24, 2.45) is 0 Å². The van der Waals surface area contributed by atoms with E-state index in [0.29, 0.717) is 17.3 Å². The molecule has 0 aliphatic heterocycles. The highest BCUT2D eigenvalue weighted by molar-refractivity contribution is 7.98. The second-order valence-electron chi connectivity index (χ2n) is 5.61. The highest BCUT2D eigenvalue weighted by Crippen LogP contribution is 2.25. The van der Waals surface area contributed by atoms with Crippen molar-refractivity contribution in [2.45, 2.75) is 24.3 Å². The first-order valence-corrected chi connectivity index (χ1v) is 10.8. The maximum absolute atomic E-state index is 12.4. The largest absolute Gasteiger partial charge is 0.548 e. The van der Waals surface area contributed by atoms with Gasteiger partial charge >= 0.3 is 0 Å². The van der Waals surface area contributed by atoms with E-state index in [1.807, 2.05) is 37.4 Å². The summed E-state index contributed by atoms with van der Waals surface area (Å²) in [4.78, 5) is 11.1. The average Bonchev–Trinajstić information content (AvgIpc) is 2.61. The summed E-state index contributed by atoms with van der Waals surface area (Å²) in [6, 6.07) is 12.0. The van der Waals surface area contributed by atoms with Gasteiger partial charge in [0, 0.05) is 0 Å². The number of hydrogen-bond acceptors (Lipinski definition) is 6. The number of rotatable bonds is 9. The summed E-state index contributed by atoms with van der Waals surface area (Å²) in [6.07, 6.45) is 1.96. The van der Waals surface area contributed by atoms with E-state index < -0.39 is 22.0 Å². The summed E-state index contributed by atoms with van der Waals surface area (Å²) >= 11 is 1.43. The van der Waals surface area contributed by atoms with E-state index >= 15 is 0 Å². The number of carboxylic acid groups (broad SMARTS) is 1. The zero-order valence-corrected chi connectivity index (χ0v) is 16.1. The predicted molar refractivity (Wildman–Crippen MR) is 99.8 cm³/mol. The van der Waals surface area contributed by atoms with Crippen molar-refractivity contribution in [3.63, 3.8) is 0 Å². The molecule has 0 saturated carbocycles. The Morgan fingerprint density at radius 1 is 1.19 bits per heavy atom. The van der Waals surface area contributed by atoms with E-state index in [1.54, 1.807) is 0 Å². The van der Waals surface area contributed by atoms with Crippen molar-refractivity contribution in [1.29, 1.82) is 0 Å². The average molecular weight is 394 g/mol. The van der Waals surface area contributed by atoms with E-state index in [1.165, 1.54) is 36.0 Å². The van der Waals surface area contributed by atoms with Crippen LogP contribution in [0.3, 0.4) is 0 Å². The van der Waals surface area contributed by atoms with Gasteiger partial charge in [-0.2, -0.15) is 11.8 Å². The van der Waals surface area contributed by atoms with Crippen LogP contribution in [0.2, 0.25) is 0 Å². The highest BCUT2D eigenvalue weighted by Gasteiger charge is 2.20. The number of para-hydroxylation sites is 1. The van der Waals surface area contributed by atoms with Crippen LogP contribution in [-0.4, -0.2) is 32.4 Å². The molecule has 1 atom stereocenters. The van der Waals surface area contributed by atoms with Gasteiger partial charge in [-0.05, 0) is 61.2 Å². The number of carbonyl (C=O) groups is 1. The Morgan fingerprint density at radius 3 is 2.42 bits per heavy atom. The molecule has 1 unspecified atom stereocenters. The lowest BCUT2D eigenvalue weighted by atomic mass is 10.2. The highest BCUT2D eigenvalue weighted by atomic mass is 32.2. The fourth-order valence-corrected chi connectivity index (χ4v) is 3.89. The van der Waals surface area contributed by atoms with Gasteiger partial charge in [-0.3, -0.25) is 0 Å². The van der Waals surface area contributed by atoms with E-state index in [2.05, 4.69) is 4.72 Å². The Kier molecular flexibility index (Phi) is 7.07. The van der Waals surface area contributed by atoms with Crippen LogP contribution in [-0.2, 0) is 14.8 Å². The molecule has 1 N–H and O–H groups in total. The number of nitrogens with one attached hydrogen (secondary N) is 1. The Balaban J connectivity index is 2.13. The number of aliphatic carboxylic acids is 1. The smallest absolute Gasteiger partial charge is 0.241 e. The van der Waals surface area contributed by atoms with Gasteiger partial charge in [0.1, 0.15) is 11.5 Å². The first-order valence-electron chi connectivity index (χ1n) is 7.89. The number of aryl methyl sites for hydroxylation is 1. The Morgan fingerprint density at radius 2 is 1.85 bits per heavy atom. The lowest BCUT2D eigenvalue weighted by molar-refractivity contribution is -0.308. The molecule has 0 fully saturated rings. The molecule has 0 aliphatic rings. The Bertz CT molecular complexity index is 850. The number of thioether (sulfide) groups is 1. The zero-order valence-electron chi connectivity index (χ0n) is 14.5. The summed E-state index contributed by atoms with van der Waals surface area (Å²) in [5.74, 6) is 0.221. The Labute approximate surface area is 157 Å². The number of carboxylic acids is 1. The number of benzene rings is 2. The fraction of sp³-hybridized carbons (Fsp3) is 0.278. The van der Waals surface area contributed by atoms with Gasteiger partial charge in [0.15, 0.2) is 0 Å². The van der Waals surface area contributed by atoms with Crippen LogP contribution < -0.4 is 14.6 Å². The molecule has 0 saturated heterocycles. The lowest BCUT2D eigenvalue weighted by Gasteiger charge is -2.19. The van der Waals surface area contributed by atoms with E-state index in [9.17, 15) is 18.3 Å². The molecule has 8 heteroatoms. The summed E-state index contributed by atoms with van der Waals surface area (Å²) in [6.45, 7) is 1.91. The molecule has 0 heterocycles. The topological polar surface area (TPSA) is 95.5 Å². The lowest BCUT2D eigenvalue weighted by Crippen LogP contribution is -2.48. The van der Waals surface area contributed by atoms with Gasteiger partial charge in [-0.25, -0.2) is 13.1 Å². The van der Waals surface area contributed by atoms with Gasteiger partial charge in [-0.1, -0.05) is 18.2 Å². The fourth-order valence-electron chi connectivity index (χ4n) is 2.20. The van der Waals surface area contributed by atoms with Crippen molar-refractivity contribution in [2.75, 3.05) is 12.0 Å². The molecule has 6 nitrogen and oxygen atoms in total. The quantitative estimate of drug-likeness (QED) is 0.698. The molecule has 26 heavy (non-hydrogen) atoms. The molecule has 0 spiro atoms. The van der Waals surface area contributed by atoms with Crippen LogP contribution in [0, 0.1) is 6.92 Å². The van der Waals surface area contributed by atoms with Crippen molar-refractivity contribution in [1.82, 2.24) is 4.72 Å². The van der Waals surface area contributed by atoms with Gasteiger partial charge in [0.2, 0.25) is 10.0 Å². The van der Waals surface area contributed by atoms with Crippen LogP contribution in [0.1, 0.15) is 12.0 Å². The monoisotopic (exact) mass is 394 g/mol. The normalized spacial score (nSPS) is 12.5. The minimum absolute atomic E-state index is 0.0370. The summed E-state index contributed by atoms with van der Waals surface area (Å²) in [7, 11) is -3.97. The number of sulfonamides is 1. The van der Waals surface area contributed by atoms with Gasteiger partial charge in [0.25, 0.3) is 0 Å². The van der Waals surface area contributed by atoms with E-state index in [-0.39, 0.29) is 11.3 Å². The number of hydrogen-bond donors (Lipinski definition) is 1. The third-order valence-corrected chi connectivity index (χ3v) is 5.78. The molecule has 2 rings (SSSR count). The second-order valence-corrected chi connectivity index (χ2v) is 8.31. The van der Waals surface area contributed by atoms with Gasteiger partial charge in [-0.15, -0.1) is 0 Å². The van der Waals surface area contributed by atoms with Crippen LogP contribution in [0.25, 0.3) is 0 Å². The first kappa shape index (κ1) is 20.3. The maximum Gasteiger partial charge on any atom is 0.241 e. The molecule has 140 valence electrons. The van der Waals surface area contributed by atoms with Crippen LogP contribution in [0.5, 0.6) is 11.5 Å². The van der Waals surface area contributed by atoms with Gasteiger partial charge in [0.05, 0.1) is 16.9 Å². The zero-order chi connectivity index (χ0) is 19.2. The van der Waals surface area contributed by atoms with Crippen molar-refractivity contribution >= 4 is 27.8 Å². The predicted octanol–water partition coefficient (Wildman–Crippen LogP) is 1.94. The standard InChI is InChI=1S/C18H21NO5S2/c1-13-5-3-4-6-17(13)24-14-7-9-15(10-8-14)26(22,23)19-16(18(20)21)11-12-25-2/h3-10,16,19H,11-12H2,1-2H3,(H,20,21)/p-1. The van der Waals surface area contributed by atoms with Crippen molar-refractivity contribution in [3.8, 4) is 11.5 Å². The van der Waals surface area contributed by atoms with Crippen LogP contribution in [0.4, 0.5) is 0 Å². The molecular formula is C18H20NO5S2-. The number of carbonyl (C=O) groups excluding carboxylic acids is 1. The summed E-state index contributed by atoms with van der Waals surface area (Å²) < 4.78 is 32.7. The van der Waals surface area contributed by atoms with Crippen molar-refractivity contribution in [3.05, 3.63) is 54.1 Å². The third kappa shape index (κ3) is 5.48. The second kappa shape index (κ2) is 9.07. The first-order chi connectivity index (χ1) is 12.3. The minimum atomic E-state index is -3.97. The summed E-state index contributed by atoms with van der Waals surface area (Å²) in [5, 5.41) is 11.1. The SMILES string of the molecule is CSCCC(NS(=O)(=O)c1ccc(Oc2ccccc2C)cc1)C(=O)[O-]. The molecule has 0 amide bonds. The molecular weight excluding hydrogens is 374 g/mol. The number of ether oxygens (including phenoxy) is 1.